The lowest BCUT2D eigenvalue weighted by Crippen LogP contribution is -2.33. The zero-order chi connectivity index (χ0) is 18.8. The average molecular weight is 401 g/mol. The standard InChI is InChI=1S/C17H21ClN2O3S2/c1-12(2)20(4)25(22,23)14-7-8-16(18)15(10-14)17(21)19(3)11-13-6-5-9-24-13/h5-10,12H,11H2,1-4H3. The summed E-state index contributed by atoms with van der Waals surface area (Å²) in [4.78, 5) is 15.3. The summed E-state index contributed by atoms with van der Waals surface area (Å²) in [6.07, 6.45) is 0. The molecule has 8 heteroatoms. The number of sulfonamides is 1. The van der Waals surface area contributed by atoms with E-state index in [0.29, 0.717) is 6.54 Å². The molecule has 0 aliphatic heterocycles. The van der Waals surface area contributed by atoms with Crippen LogP contribution in [0.25, 0.3) is 0 Å². The van der Waals surface area contributed by atoms with Crippen LogP contribution < -0.4 is 0 Å². The van der Waals surface area contributed by atoms with E-state index in [4.69, 9.17) is 11.6 Å². The van der Waals surface area contributed by atoms with Gasteiger partial charge in [0.1, 0.15) is 0 Å². The Balaban J connectivity index is 2.34. The molecule has 1 aromatic carbocycles. The molecule has 0 radical (unpaired) electrons. The van der Waals surface area contributed by atoms with Crippen molar-refractivity contribution in [3.8, 4) is 0 Å². The minimum atomic E-state index is -3.68. The molecule has 0 aliphatic rings. The maximum Gasteiger partial charge on any atom is 0.255 e. The highest BCUT2D eigenvalue weighted by molar-refractivity contribution is 7.89. The molecular weight excluding hydrogens is 380 g/mol. The number of nitrogens with zero attached hydrogens (tertiary/aromatic N) is 2. The largest absolute Gasteiger partial charge is 0.337 e. The fourth-order valence-electron chi connectivity index (χ4n) is 2.19. The summed E-state index contributed by atoms with van der Waals surface area (Å²) in [6.45, 7) is 4.01. The van der Waals surface area contributed by atoms with E-state index < -0.39 is 10.0 Å². The Hall–Kier alpha value is -1.41. The lowest BCUT2D eigenvalue weighted by atomic mass is 10.2. The van der Waals surface area contributed by atoms with Crippen LogP contribution >= 0.6 is 22.9 Å². The summed E-state index contributed by atoms with van der Waals surface area (Å²) < 4.78 is 26.6. The number of carbonyl (C=O) groups excluding carboxylic acids is 1. The molecule has 5 nitrogen and oxygen atoms in total. The molecule has 0 saturated heterocycles. The molecule has 0 aliphatic carbocycles. The van der Waals surface area contributed by atoms with Crippen LogP contribution in [0.15, 0.2) is 40.6 Å². The van der Waals surface area contributed by atoms with Gasteiger partial charge in [0.25, 0.3) is 5.91 Å². The second-order valence-corrected chi connectivity index (χ2v) is 9.43. The predicted molar refractivity (Wildman–Crippen MR) is 102 cm³/mol. The van der Waals surface area contributed by atoms with Crippen molar-refractivity contribution in [3.05, 3.63) is 51.2 Å². The Morgan fingerprint density at radius 3 is 2.48 bits per heavy atom. The molecular formula is C17H21ClN2O3S2. The molecule has 0 atom stereocenters. The van der Waals surface area contributed by atoms with E-state index in [0.717, 1.165) is 4.88 Å². The molecule has 0 saturated carbocycles. The quantitative estimate of drug-likeness (QED) is 0.742. The summed E-state index contributed by atoms with van der Waals surface area (Å²) in [5.41, 5.74) is 0.180. The Kier molecular flexibility index (Phi) is 6.26. The maximum absolute atomic E-state index is 12.7. The van der Waals surface area contributed by atoms with Crippen LogP contribution in [-0.4, -0.2) is 43.7 Å². The monoisotopic (exact) mass is 400 g/mol. The molecule has 1 aromatic heterocycles. The van der Waals surface area contributed by atoms with E-state index >= 15 is 0 Å². The third kappa shape index (κ3) is 4.41. The van der Waals surface area contributed by atoms with Gasteiger partial charge < -0.3 is 4.90 Å². The number of amides is 1. The molecule has 0 N–H and O–H groups in total. The van der Waals surface area contributed by atoms with Gasteiger partial charge in [0, 0.05) is 25.0 Å². The smallest absolute Gasteiger partial charge is 0.255 e. The van der Waals surface area contributed by atoms with Crippen LogP contribution in [0, 0.1) is 0 Å². The Labute approximate surface area is 157 Å². The van der Waals surface area contributed by atoms with E-state index in [-0.39, 0.29) is 27.4 Å². The van der Waals surface area contributed by atoms with E-state index in [1.165, 1.54) is 34.5 Å². The van der Waals surface area contributed by atoms with Crippen LogP contribution in [0.4, 0.5) is 0 Å². The van der Waals surface area contributed by atoms with Crippen molar-refractivity contribution >= 4 is 38.9 Å². The SMILES string of the molecule is CC(C)N(C)S(=O)(=O)c1ccc(Cl)c(C(=O)N(C)Cc2cccs2)c1. The fourth-order valence-corrected chi connectivity index (χ4v) is 4.54. The van der Waals surface area contributed by atoms with Crippen LogP contribution in [-0.2, 0) is 16.6 Å². The first-order valence-electron chi connectivity index (χ1n) is 7.70. The van der Waals surface area contributed by atoms with Gasteiger partial charge in [-0.15, -0.1) is 11.3 Å². The van der Waals surface area contributed by atoms with Gasteiger partial charge in [-0.05, 0) is 43.5 Å². The predicted octanol–water partition coefficient (Wildman–Crippen LogP) is 3.70. The van der Waals surface area contributed by atoms with Crippen LogP contribution in [0.2, 0.25) is 5.02 Å². The molecule has 1 heterocycles. The molecule has 25 heavy (non-hydrogen) atoms. The summed E-state index contributed by atoms with van der Waals surface area (Å²) >= 11 is 7.71. The number of carbonyl (C=O) groups is 1. The van der Waals surface area contributed by atoms with Gasteiger partial charge in [0.15, 0.2) is 0 Å². The Bertz CT molecular complexity index is 849. The van der Waals surface area contributed by atoms with Crippen molar-refractivity contribution < 1.29 is 13.2 Å². The summed E-state index contributed by atoms with van der Waals surface area (Å²) in [5.74, 6) is -0.317. The van der Waals surface area contributed by atoms with Crippen molar-refractivity contribution in [2.45, 2.75) is 31.3 Å². The zero-order valence-corrected chi connectivity index (χ0v) is 17.0. The summed E-state index contributed by atoms with van der Waals surface area (Å²) in [5, 5.41) is 2.17. The highest BCUT2D eigenvalue weighted by Gasteiger charge is 2.25. The lowest BCUT2D eigenvalue weighted by Gasteiger charge is -2.22. The van der Waals surface area contributed by atoms with Gasteiger partial charge in [-0.1, -0.05) is 17.7 Å². The van der Waals surface area contributed by atoms with Crippen molar-refractivity contribution in [1.82, 2.24) is 9.21 Å². The molecule has 2 aromatic rings. The van der Waals surface area contributed by atoms with E-state index in [1.807, 2.05) is 17.5 Å². The first kappa shape index (κ1) is 19.9. The molecule has 0 fully saturated rings. The molecule has 0 bridgehead atoms. The normalized spacial score (nSPS) is 12.0. The van der Waals surface area contributed by atoms with E-state index in [9.17, 15) is 13.2 Å². The number of rotatable bonds is 6. The van der Waals surface area contributed by atoms with Crippen molar-refractivity contribution in [2.75, 3.05) is 14.1 Å². The highest BCUT2D eigenvalue weighted by atomic mass is 35.5. The molecule has 0 unspecified atom stereocenters. The molecule has 136 valence electrons. The van der Waals surface area contributed by atoms with Gasteiger partial charge in [-0.25, -0.2) is 8.42 Å². The topological polar surface area (TPSA) is 57.7 Å². The number of hydrogen-bond donors (Lipinski definition) is 0. The third-order valence-corrected chi connectivity index (χ3v) is 7.11. The number of thiophene rings is 1. The second-order valence-electron chi connectivity index (χ2n) is 6.00. The van der Waals surface area contributed by atoms with Crippen molar-refractivity contribution in [2.24, 2.45) is 0 Å². The molecule has 0 spiro atoms. The van der Waals surface area contributed by atoms with E-state index in [1.54, 1.807) is 32.2 Å². The number of halogens is 1. The first-order valence-corrected chi connectivity index (χ1v) is 10.4. The minimum absolute atomic E-state index is 0.0565. The molecule has 1 amide bonds. The molecule has 2 rings (SSSR count). The van der Waals surface area contributed by atoms with Crippen molar-refractivity contribution in [3.63, 3.8) is 0 Å². The van der Waals surface area contributed by atoms with Crippen molar-refractivity contribution in [1.29, 1.82) is 0 Å². The highest BCUT2D eigenvalue weighted by Crippen LogP contribution is 2.25. The van der Waals surface area contributed by atoms with Crippen LogP contribution in [0.5, 0.6) is 0 Å². The van der Waals surface area contributed by atoms with Gasteiger partial charge in [-0.2, -0.15) is 4.31 Å². The van der Waals surface area contributed by atoms with Gasteiger partial charge in [0.05, 0.1) is 22.0 Å². The Morgan fingerprint density at radius 1 is 1.24 bits per heavy atom. The average Bonchev–Trinajstić information content (AvgIpc) is 3.06. The number of benzene rings is 1. The van der Waals surface area contributed by atoms with Crippen LogP contribution in [0.3, 0.4) is 0 Å². The van der Waals surface area contributed by atoms with Gasteiger partial charge >= 0.3 is 0 Å². The summed E-state index contributed by atoms with van der Waals surface area (Å²) in [7, 11) is -0.501. The van der Waals surface area contributed by atoms with Crippen LogP contribution in [0.1, 0.15) is 29.1 Å². The van der Waals surface area contributed by atoms with Gasteiger partial charge in [0.2, 0.25) is 10.0 Å². The van der Waals surface area contributed by atoms with E-state index in [2.05, 4.69) is 0 Å². The second kappa shape index (κ2) is 7.86. The summed E-state index contributed by atoms with van der Waals surface area (Å²) in [6, 6.07) is 7.89. The zero-order valence-electron chi connectivity index (χ0n) is 14.6. The third-order valence-electron chi connectivity index (χ3n) is 3.89. The lowest BCUT2D eigenvalue weighted by molar-refractivity contribution is 0.0786. The Morgan fingerprint density at radius 2 is 1.92 bits per heavy atom. The maximum atomic E-state index is 12.7. The minimum Gasteiger partial charge on any atom is -0.337 e. The number of hydrogen-bond acceptors (Lipinski definition) is 4. The van der Waals surface area contributed by atoms with Gasteiger partial charge in [-0.3, -0.25) is 4.79 Å². The fraction of sp³-hybridized carbons (Fsp3) is 0.353. The first-order chi connectivity index (χ1) is 11.6.